The van der Waals surface area contributed by atoms with E-state index in [0.717, 1.165) is 5.56 Å². The molecule has 0 bridgehead atoms. The molecule has 0 aliphatic rings. The molecule has 3 aromatic rings. The third-order valence-electron chi connectivity index (χ3n) is 4.76. The molecule has 172 valence electrons. The molecular formula is C23H23N3O6S. The molecule has 1 amide bonds. The van der Waals surface area contributed by atoms with Crippen molar-refractivity contribution in [1.82, 2.24) is 4.31 Å². The molecule has 0 unspecified atom stereocenters. The summed E-state index contributed by atoms with van der Waals surface area (Å²) in [6.45, 7) is 1.50. The van der Waals surface area contributed by atoms with Crippen LogP contribution in [0.4, 0.5) is 11.4 Å². The number of amides is 1. The summed E-state index contributed by atoms with van der Waals surface area (Å²) in [5.74, 6) is -0.551. The Morgan fingerprint density at radius 2 is 1.73 bits per heavy atom. The van der Waals surface area contributed by atoms with Crippen LogP contribution in [0.2, 0.25) is 0 Å². The molecule has 0 saturated carbocycles. The Bertz CT molecular complexity index is 1240. The predicted octanol–water partition coefficient (Wildman–Crippen LogP) is 3.74. The predicted molar refractivity (Wildman–Crippen MR) is 123 cm³/mol. The summed E-state index contributed by atoms with van der Waals surface area (Å²) in [7, 11) is -2.21. The van der Waals surface area contributed by atoms with Crippen LogP contribution in [-0.2, 0) is 21.4 Å². The molecule has 0 fully saturated rings. The summed E-state index contributed by atoms with van der Waals surface area (Å²) in [5, 5.41) is 13.7. The number of aryl methyl sites for hydroxylation is 1. The van der Waals surface area contributed by atoms with Gasteiger partial charge in [-0.15, -0.1) is 0 Å². The lowest BCUT2D eigenvalue weighted by molar-refractivity contribution is -0.385. The fourth-order valence-electron chi connectivity index (χ4n) is 3.05. The van der Waals surface area contributed by atoms with Gasteiger partial charge in [0.1, 0.15) is 0 Å². The van der Waals surface area contributed by atoms with Crippen molar-refractivity contribution in [2.45, 2.75) is 18.4 Å². The van der Waals surface area contributed by atoms with Gasteiger partial charge in [-0.2, -0.15) is 4.31 Å². The molecule has 0 radical (unpaired) electrons. The van der Waals surface area contributed by atoms with Crippen molar-refractivity contribution in [3.63, 3.8) is 0 Å². The fourth-order valence-corrected chi connectivity index (χ4v) is 4.21. The minimum absolute atomic E-state index is 0.0105. The monoisotopic (exact) mass is 469 g/mol. The zero-order valence-electron chi connectivity index (χ0n) is 18.1. The molecule has 0 aliphatic carbocycles. The van der Waals surface area contributed by atoms with Crippen LogP contribution in [0.25, 0.3) is 0 Å². The highest BCUT2D eigenvalue weighted by Crippen LogP contribution is 2.27. The van der Waals surface area contributed by atoms with Gasteiger partial charge in [-0.1, -0.05) is 36.4 Å². The molecule has 9 nitrogen and oxygen atoms in total. The second-order valence-corrected chi connectivity index (χ2v) is 9.38. The average molecular weight is 470 g/mol. The van der Waals surface area contributed by atoms with Gasteiger partial charge in [-0.3, -0.25) is 14.9 Å². The first kappa shape index (κ1) is 23.9. The number of ether oxygens (including phenoxy) is 1. The van der Waals surface area contributed by atoms with Gasteiger partial charge in [0, 0.05) is 25.3 Å². The zero-order chi connectivity index (χ0) is 24.0. The van der Waals surface area contributed by atoms with E-state index in [-0.39, 0.29) is 22.9 Å². The average Bonchev–Trinajstić information content (AvgIpc) is 2.79. The number of carbonyl (C=O) groups is 1. The van der Waals surface area contributed by atoms with Crippen LogP contribution in [0, 0.1) is 17.0 Å². The maximum Gasteiger partial charge on any atom is 0.311 e. The van der Waals surface area contributed by atoms with Crippen molar-refractivity contribution in [2.24, 2.45) is 0 Å². The van der Waals surface area contributed by atoms with E-state index in [4.69, 9.17) is 4.74 Å². The van der Waals surface area contributed by atoms with Crippen LogP contribution >= 0.6 is 0 Å². The second-order valence-electron chi connectivity index (χ2n) is 7.34. The van der Waals surface area contributed by atoms with Gasteiger partial charge in [0.05, 0.1) is 9.82 Å². The standard InChI is InChI=1S/C23H23N3O6S/c1-17-8-13-22(21(14-17)26(28)29)32-16-23(27)24-19-9-11-20(12-10-19)33(30,31)25(2)15-18-6-4-3-5-7-18/h3-14H,15-16H2,1-2H3,(H,24,27). The number of carbonyl (C=O) groups excluding carboxylic acids is 1. The Labute approximate surface area is 191 Å². The molecular weight excluding hydrogens is 446 g/mol. The normalized spacial score (nSPS) is 11.2. The van der Waals surface area contributed by atoms with Crippen molar-refractivity contribution in [3.05, 3.63) is 94.0 Å². The SMILES string of the molecule is Cc1ccc(OCC(=O)Nc2ccc(S(=O)(=O)N(C)Cc3ccccc3)cc2)c([N+](=O)[O-])c1. The Balaban J connectivity index is 1.61. The van der Waals surface area contributed by atoms with Crippen LogP contribution < -0.4 is 10.1 Å². The van der Waals surface area contributed by atoms with E-state index in [2.05, 4.69) is 5.32 Å². The summed E-state index contributed by atoms with van der Waals surface area (Å²) < 4.78 is 32.2. The van der Waals surface area contributed by atoms with Gasteiger partial charge in [0.15, 0.2) is 12.4 Å². The first-order chi connectivity index (χ1) is 15.7. The summed E-state index contributed by atoms with van der Waals surface area (Å²) >= 11 is 0. The molecule has 33 heavy (non-hydrogen) atoms. The smallest absolute Gasteiger partial charge is 0.311 e. The first-order valence-electron chi connectivity index (χ1n) is 9.95. The van der Waals surface area contributed by atoms with Crippen molar-refractivity contribution < 1.29 is 22.9 Å². The Morgan fingerprint density at radius 3 is 2.36 bits per heavy atom. The van der Waals surface area contributed by atoms with E-state index in [1.54, 1.807) is 13.0 Å². The highest BCUT2D eigenvalue weighted by atomic mass is 32.2. The molecule has 0 aromatic heterocycles. The van der Waals surface area contributed by atoms with Gasteiger partial charge in [-0.05, 0) is 48.4 Å². The molecule has 3 aromatic carbocycles. The van der Waals surface area contributed by atoms with Crippen molar-refractivity contribution in [1.29, 1.82) is 0 Å². The molecule has 0 saturated heterocycles. The summed E-state index contributed by atoms with van der Waals surface area (Å²) in [4.78, 5) is 22.9. The summed E-state index contributed by atoms with van der Waals surface area (Å²) in [6.07, 6.45) is 0. The summed E-state index contributed by atoms with van der Waals surface area (Å²) in [5.41, 5.74) is 1.70. The Kier molecular flexibility index (Phi) is 7.41. The third-order valence-corrected chi connectivity index (χ3v) is 6.58. The molecule has 10 heteroatoms. The number of nitrogens with one attached hydrogen (secondary N) is 1. The molecule has 1 N–H and O–H groups in total. The van der Waals surface area contributed by atoms with Gasteiger partial charge < -0.3 is 10.1 Å². The Hall–Kier alpha value is -3.76. The van der Waals surface area contributed by atoms with E-state index in [1.165, 1.54) is 47.8 Å². The van der Waals surface area contributed by atoms with E-state index >= 15 is 0 Å². The molecule has 0 heterocycles. The van der Waals surface area contributed by atoms with Gasteiger partial charge >= 0.3 is 5.69 Å². The third kappa shape index (κ3) is 6.15. The lowest BCUT2D eigenvalue weighted by atomic mass is 10.2. The minimum Gasteiger partial charge on any atom is -0.477 e. The van der Waals surface area contributed by atoms with Crippen molar-refractivity contribution in [2.75, 3.05) is 19.0 Å². The number of rotatable bonds is 9. The Morgan fingerprint density at radius 1 is 1.06 bits per heavy atom. The lowest BCUT2D eigenvalue weighted by Crippen LogP contribution is -2.26. The molecule has 3 rings (SSSR count). The molecule has 0 aliphatic heterocycles. The van der Waals surface area contributed by atoms with E-state index in [0.29, 0.717) is 11.3 Å². The van der Waals surface area contributed by atoms with Gasteiger partial charge in [0.2, 0.25) is 10.0 Å². The largest absolute Gasteiger partial charge is 0.477 e. The maximum atomic E-state index is 12.8. The van der Waals surface area contributed by atoms with Crippen LogP contribution in [-0.4, -0.2) is 37.2 Å². The highest BCUT2D eigenvalue weighted by molar-refractivity contribution is 7.89. The number of benzene rings is 3. The lowest BCUT2D eigenvalue weighted by Gasteiger charge is -2.17. The topological polar surface area (TPSA) is 119 Å². The number of hydrogen-bond donors (Lipinski definition) is 1. The first-order valence-corrected chi connectivity index (χ1v) is 11.4. The number of hydrogen-bond acceptors (Lipinski definition) is 6. The zero-order valence-corrected chi connectivity index (χ0v) is 18.9. The van der Waals surface area contributed by atoms with Crippen LogP contribution in [0.1, 0.15) is 11.1 Å². The van der Waals surface area contributed by atoms with Crippen molar-refractivity contribution >= 4 is 27.3 Å². The molecule has 0 spiro atoms. The number of nitro groups is 1. The number of anilines is 1. The fraction of sp³-hybridized carbons (Fsp3) is 0.174. The summed E-state index contributed by atoms with van der Waals surface area (Å²) in [6, 6.07) is 19.4. The van der Waals surface area contributed by atoms with Gasteiger partial charge in [0.25, 0.3) is 5.91 Å². The van der Waals surface area contributed by atoms with Crippen molar-refractivity contribution in [3.8, 4) is 5.75 Å². The second kappa shape index (κ2) is 10.2. The van der Waals surface area contributed by atoms with Crippen LogP contribution in [0.15, 0.2) is 77.7 Å². The van der Waals surface area contributed by atoms with Gasteiger partial charge in [-0.25, -0.2) is 8.42 Å². The highest BCUT2D eigenvalue weighted by Gasteiger charge is 2.21. The number of sulfonamides is 1. The van der Waals surface area contributed by atoms with E-state index < -0.39 is 27.5 Å². The number of nitrogens with zero attached hydrogens (tertiary/aromatic N) is 2. The number of nitro benzene ring substituents is 1. The quantitative estimate of drug-likeness (QED) is 0.377. The van der Waals surface area contributed by atoms with Crippen LogP contribution in [0.5, 0.6) is 5.75 Å². The van der Waals surface area contributed by atoms with Crippen LogP contribution in [0.3, 0.4) is 0 Å². The van der Waals surface area contributed by atoms with E-state index in [9.17, 15) is 23.3 Å². The minimum atomic E-state index is -3.71. The van der Waals surface area contributed by atoms with E-state index in [1.807, 2.05) is 30.3 Å². The molecule has 0 atom stereocenters. The maximum absolute atomic E-state index is 12.8.